The van der Waals surface area contributed by atoms with Crippen molar-refractivity contribution in [3.05, 3.63) is 92.1 Å². The van der Waals surface area contributed by atoms with Gasteiger partial charge in [0.2, 0.25) is 0 Å². The van der Waals surface area contributed by atoms with E-state index in [0.29, 0.717) is 42.0 Å². The van der Waals surface area contributed by atoms with Crippen molar-refractivity contribution < 1.29 is 15.0 Å². The quantitative estimate of drug-likeness (QED) is 0.218. The van der Waals surface area contributed by atoms with Crippen molar-refractivity contribution in [1.29, 1.82) is 0 Å². The van der Waals surface area contributed by atoms with Gasteiger partial charge in [0.25, 0.3) is 5.91 Å². The summed E-state index contributed by atoms with van der Waals surface area (Å²) in [6.45, 7) is 10.7. The zero-order chi connectivity index (χ0) is 28.6. The van der Waals surface area contributed by atoms with Crippen molar-refractivity contribution in [2.75, 3.05) is 26.2 Å². The molecule has 1 amide bonds. The van der Waals surface area contributed by atoms with Crippen LogP contribution in [-0.2, 0) is 12.3 Å². The molecule has 4 aromatic rings. The van der Waals surface area contributed by atoms with Crippen LogP contribution in [0.5, 0.6) is 5.75 Å². The number of phenolic OH excluding ortho intramolecular Hbond substituents is 1. The Morgan fingerprint density at radius 2 is 1.75 bits per heavy atom. The summed E-state index contributed by atoms with van der Waals surface area (Å²) in [6.07, 6.45) is 0. The van der Waals surface area contributed by atoms with Gasteiger partial charge >= 0.3 is 0 Å². The number of carbonyl (C=O) groups is 1. The van der Waals surface area contributed by atoms with Gasteiger partial charge in [-0.25, -0.2) is 0 Å². The number of aromatic hydroxyl groups is 1. The lowest BCUT2D eigenvalue weighted by molar-refractivity contribution is 0.0537. The van der Waals surface area contributed by atoms with Crippen molar-refractivity contribution in [3.63, 3.8) is 0 Å². The van der Waals surface area contributed by atoms with Crippen LogP contribution in [0.25, 0.3) is 10.9 Å². The molecule has 1 fully saturated rings. The number of nitrogens with one attached hydrogen (secondary N) is 1. The van der Waals surface area contributed by atoms with Crippen molar-refractivity contribution in [3.8, 4) is 5.75 Å². The number of rotatable bonds is 7. The number of phenols is 1. The fourth-order valence-electron chi connectivity index (χ4n) is 5.73. The summed E-state index contributed by atoms with van der Waals surface area (Å²) in [6, 6.07) is 16.2. The Hall–Kier alpha value is -2.78. The first-order valence-electron chi connectivity index (χ1n) is 13.6. The molecule has 0 bridgehead atoms. The Morgan fingerprint density at radius 1 is 1.05 bits per heavy atom. The van der Waals surface area contributed by atoms with Crippen LogP contribution in [-0.4, -0.2) is 57.9 Å². The van der Waals surface area contributed by atoms with E-state index in [0.717, 1.165) is 22.2 Å². The molecule has 1 aliphatic rings. The Labute approximate surface area is 248 Å². The number of aromatic nitrogens is 1. The molecule has 1 atom stereocenters. The highest BCUT2D eigenvalue weighted by molar-refractivity contribution is 9.10. The Bertz CT molecular complexity index is 1540. The number of hydrogen-bond acceptors (Lipinski definition) is 5. The van der Waals surface area contributed by atoms with Crippen molar-refractivity contribution in [2.45, 2.75) is 50.9 Å². The number of piperazine rings is 1. The molecule has 1 aliphatic heterocycles. The Balaban J connectivity index is 1.70. The number of benzene rings is 3. The van der Waals surface area contributed by atoms with Crippen LogP contribution < -0.4 is 5.32 Å². The molecule has 40 heavy (non-hydrogen) atoms. The summed E-state index contributed by atoms with van der Waals surface area (Å²) in [7, 11) is 0. The molecule has 5 rings (SSSR count). The van der Waals surface area contributed by atoms with Crippen LogP contribution >= 0.6 is 27.7 Å². The predicted octanol–water partition coefficient (Wildman–Crippen LogP) is 6.09. The van der Waals surface area contributed by atoms with Crippen molar-refractivity contribution in [1.82, 2.24) is 14.8 Å². The lowest BCUT2D eigenvalue weighted by Crippen LogP contribution is -2.55. The fourth-order valence-corrected chi connectivity index (χ4v) is 7.21. The van der Waals surface area contributed by atoms with E-state index in [1.807, 2.05) is 6.07 Å². The second kappa shape index (κ2) is 12.0. The Kier molecular flexibility index (Phi) is 8.61. The normalized spacial score (nSPS) is 15.7. The highest BCUT2D eigenvalue weighted by Crippen LogP contribution is 2.39. The summed E-state index contributed by atoms with van der Waals surface area (Å²) < 4.78 is 2.81. The summed E-state index contributed by atoms with van der Waals surface area (Å²) in [4.78, 5) is 17.4. The van der Waals surface area contributed by atoms with Gasteiger partial charge in [0.1, 0.15) is 5.75 Å². The SMILES string of the molecule is Cc1ccc(Cn2c(CSc3c(C)cc(C)cc3C)c(C(=O)N3CCNC[C@@H]3CO)c3cc(O)c(Br)cc32)cc1. The number of aliphatic hydroxyl groups is 1. The number of aryl methyl sites for hydroxylation is 4. The van der Waals surface area contributed by atoms with E-state index >= 15 is 0 Å². The maximum atomic E-state index is 14.4. The third-order valence-corrected chi connectivity index (χ3v) is 9.68. The first-order valence-corrected chi connectivity index (χ1v) is 15.4. The van der Waals surface area contributed by atoms with E-state index in [2.05, 4.69) is 89.9 Å². The number of aliphatic hydroxyl groups excluding tert-OH is 1. The number of amides is 1. The number of nitrogens with zero attached hydrogens (tertiary/aromatic N) is 2. The van der Waals surface area contributed by atoms with Crippen LogP contribution in [0, 0.1) is 27.7 Å². The van der Waals surface area contributed by atoms with E-state index in [1.165, 1.54) is 27.1 Å². The number of carbonyl (C=O) groups excluding carboxylic acids is 1. The second-order valence-corrected chi connectivity index (χ2v) is 12.6. The lowest BCUT2D eigenvalue weighted by atomic mass is 10.1. The van der Waals surface area contributed by atoms with Gasteiger partial charge in [-0.15, -0.1) is 11.8 Å². The maximum absolute atomic E-state index is 14.4. The zero-order valence-electron chi connectivity index (χ0n) is 23.4. The Morgan fingerprint density at radius 3 is 2.42 bits per heavy atom. The molecule has 210 valence electrons. The third kappa shape index (κ3) is 5.68. The molecule has 0 aliphatic carbocycles. The van der Waals surface area contributed by atoms with Gasteiger partial charge in [-0.3, -0.25) is 4.79 Å². The van der Waals surface area contributed by atoms with E-state index in [4.69, 9.17) is 0 Å². The minimum atomic E-state index is -0.303. The molecule has 3 aromatic carbocycles. The van der Waals surface area contributed by atoms with Gasteiger partial charge in [0.05, 0.1) is 28.2 Å². The molecule has 0 radical (unpaired) electrons. The molecular formula is C32H36BrN3O3S. The van der Waals surface area contributed by atoms with Crippen LogP contribution in [0.2, 0.25) is 0 Å². The molecular weight excluding hydrogens is 586 g/mol. The van der Waals surface area contributed by atoms with Crippen LogP contribution in [0.3, 0.4) is 0 Å². The molecule has 1 saturated heterocycles. The first-order chi connectivity index (χ1) is 19.2. The number of fused-ring (bicyclic) bond motifs is 1. The van der Waals surface area contributed by atoms with Gasteiger partial charge in [0, 0.05) is 47.9 Å². The molecule has 1 aromatic heterocycles. The number of hydrogen-bond donors (Lipinski definition) is 3. The molecule has 8 heteroatoms. The smallest absolute Gasteiger partial charge is 0.256 e. The third-order valence-electron chi connectivity index (χ3n) is 7.69. The van der Waals surface area contributed by atoms with Gasteiger partial charge in [-0.2, -0.15) is 0 Å². The molecule has 0 unspecified atom stereocenters. The minimum absolute atomic E-state index is 0.0949. The molecule has 2 heterocycles. The van der Waals surface area contributed by atoms with Gasteiger partial charge in [-0.1, -0.05) is 47.5 Å². The molecule has 0 saturated carbocycles. The summed E-state index contributed by atoms with van der Waals surface area (Å²) >= 11 is 5.25. The summed E-state index contributed by atoms with van der Waals surface area (Å²) in [5, 5.41) is 24.8. The van der Waals surface area contributed by atoms with E-state index in [9.17, 15) is 15.0 Å². The monoisotopic (exact) mass is 621 g/mol. The standard InChI is InChI=1S/C32H36BrN3O3S/c1-19-5-7-23(8-6-19)16-36-27-14-26(33)29(38)13-25(27)30(32(39)35-10-9-34-15-24(35)17-37)28(36)18-40-31-21(3)11-20(2)12-22(31)4/h5-8,11-14,24,34,37-38H,9-10,15-18H2,1-4H3/t24-/m1/s1. The number of halogens is 1. The first kappa shape index (κ1) is 28.7. The average Bonchev–Trinajstić information content (AvgIpc) is 3.20. The van der Waals surface area contributed by atoms with Gasteiger partial charge in [-0.05, 0) is 72.4 Å². The average molecular weight is 623 g/mol. The van der Waals surface area contributed by atoms with Crippen LogP contribution in [0.15, 0.2) is 57.9 Å². The summed E-state index contributed by atoms with van der Waals surface area (Å²) in [5.74, 6) is 0.570. The van der Waals surface area contributed by atoms with E-state index in [1.54, 1.807) is 22.7 Å². The van der Waals surface area contributed by atoms with Gasteiger partial charge < -0.3 is 25.0 Å². The second-order valence-electron chi connectivity index (χ2n) is 10.8. The zero-order valence-corrected chi connectivity index (χ0v) is 25.8. The van der Waals surface area contributed by atoms with Crippen molar-refractivity contribution in [2.24, 2.45) is 0 Å². The molecule has 3 N–H and O–H groups in total. The maximum Gasteiger partial charge on any atom is 0.256 e. The predicted molar refractivity (Wildman–Crippen MR) is 167 cm³/mol. The van der Waals surface area contributed by atoms with Crippen LogP contribution in [0.4, 0.5) is 0 Å². The van der Waals surface area contributed by atoms with E-state index in [-0.39, 0.29) is 24.3 Å². The van der Waals surface area contributed by atoms with E-state index < -0.39 is 0 Å². The number of thioether (sulfide) groups is 1. The highest BCUT2D eigenvalue weighted by atomic mass is 79.9. The summed E-state index contributed by atoms with van der Waals surface area (Å²) in [5.41, 5.74) is 8.40. The van der Waals surface area contributed by atoms with Gasteiger partial charge in [0.15, 0.2) is 0 Å². The minimum Gasteiger partial charge on any atom is -0.507 e. The van der Waals surface area contributed by atoms with Crippen LogP contribution in [0.1, 0.15) is 43.9 Å². The van der Waals surface area contributed by atoms with Crippen molar-refractivity contribution >= 4 is 44.5 Å². The molecule has 6 nitrogen and oxygen atoms in total. The topological polar surface area (TPSA) is 77.7 Å². The largest absolute Gasteiger partial charge is 0.507 e. The lowest BCUT2D eigenvalue weighted by Gasteiger charge is -2.35. The highest BCUT2D eigenvalue weighted by Gasteiger charge is 2.32. The fraction of sp³-hybridized carbons (Fsp3) is 0.344. The molecule has 0 spiro atoms.